The molecule has 1 aliphatic heterocycles. The standard InChI is InChI=1S/C18H20N2O5/c1-11-7-8-13-9-20(16(21)15(13)14(11)17(22)23)19-18(24)25-10-12-5-3-2-4-6-12/h2-8,11,13-15H,9-10H2,1H3,(H,19,24)(H,22,23)/t11-,13+,14-,15+/m1/s1. The molecular weight excluding hydrogens is 324 g/mol. The van der Waals surface area contributed by atoms with E-state index in [0.29, 0.717) is 0 Å². The fourth-order valence-corrected chi connectivity index (χ4v) is 3.49. The quantitative estimate of drug-likeness (QED) is 0.812. The molecule has 2 aliphatic rings. The number of aliphatic carboxylic acids is 1. The van der Waals surface area contributed by atoms with Gasteiger partial charge in [-0.15, -0.1) is 0 Å². The SMILES string of the molecule is C[C@@H]1C=C[C@H]2CN(NC(=O)OCc3ccccc3)C(=O)[C@@H]2[C@@H]1C(=O)O. The Hall–Kier alpha value is -2.83. The van der Waals surface area contributed by atoms with Crippen LogP contribution in [0.5, 0.6) is 0 Å². The minimum atomic E-state index is -0.992. The lowest BCUT2D eigenvalue weighted by molar-refractivity contribution is -0.150. The fraction of sp³-hybridized carbons (Fsp3) is 0.389. The van der Waals surface area contributed by atoms with Crippen LogP contribution in [-0.2, 0) is 20.9 Å². The van der Waals surface area contributed by atoms with Gasteiger partial charge in [-0.1, -0.05) is 49.4 Å². The first-order valence-electron chi connectivity index (χ1n) is 8.17. The molecule has 1 aliphatic carbocycles. The summed E-state index contributed by atoms with van der Waals surface area (Å²) in [6, 6.07) is 9.19. The topological polar surface area (TPSA) is 95.9 Å². The zero-order valence-corrected chi connectivity index (χ0v) is 13.8. The first-order valence-corrected chi connectivity index (χ1v) is 8.17. The fourth-order valence-electron chi connectivity index (χ4n) is 3.49. The number of hydrogen-bond acceptors (Lipinski definition) is 4. The smallest absolute Gasteiger partial charge is 0.426 e. The van der Waals surface area contributed by atoms with Crippen molar-refractivity contribution in [3.63, 3.8) is 0 Å². The summed E-state index contributed by atoms with van der Waals surface area (Å²) in [5.74, 6) is -3.27. The van der Waals surface area contributed by atoms with E-state index in [1.807, 2.05) is 42.5 Å². The van der Waals surface area contributed by atoms with Gasteiger partial charge in [0.1, 0.15) is 6.61 Å². The number of nitrogens with one attached hydrogen (secondary N) is 1. The van der Waals surface area contributed by atoms with Crippen LogP contribution in [-0.4, -0.2) is 34.6 Å². The third-order valence-corrected chi connectivity index (χ3v) is 4.75. The highest BCUT2D eigenvalue weighted by Gasteiger charge is 2.50. The lowest BCUT2D eigenvalue weighted by Gasteiger charge is -2.29. The highest BCUT2D eigenvalue weighted by molar-refractivity contribution is 5.89. The zero-order valence-electron chi connectivity index (χ0n) is 13.8. The van der Waals surface area contributed by atoms with Crippen molar-refractivity contribution in [3.8, 4) is 0 Å². The van der Waals surface area contributed by atoms with E-state index in [2.05, 4.69) is 5.43 Å². The maximum atomic E-state index is 12.6. The van der Waals surface area contributed by atoms with E-state index < -0.39 is 23.9 Å². The number of rotatable bonds is 4. The molecule has 1 fully saturated rings. The molecule has 4 atom stereocenters. The summed E-state index contributed by atoms with van der Waals surface area (Å²) >= 11 is 0. The molecular formula is C18H20N2O5. The van der Waals surface area contributed by atoms with Gasteiger partial charge >= 0.3 is 12.1 Å². The second-order valence-corrected chi connectivity index (χ2v) is 6.42. The normalized spacial score (nSPS) is 27.7. The summed E-state index contributed by atoms with van der Waals surface area (Å²) in [5, 5.41) is 10.6. The number of amides is 2. The third-order valence-electron chi connectivity index (χ3n) is 4.75. The van der Waals surface area contributed by atoms with Gasteiger partial charge in [0.15, 0.2) is 0 Å². The van der Waals surface area contributed by atoms with Crippen LogP contribution in [0.3, 0.4) is 0 Å². The summed E-state index contributed by atoms with van der Waals surface area (Å²) in [6.45, 7) is 2.12. The van der Waals surface area contributed by atoms with Crippen LogP contribution in [0.25, 0.3) is 0 Å². The third kappa shape index (κ3) is 3.50. The predicted molar refractivity (Wildman–Crippen MR) is 87.9 cm³/mol. The van der Waals surface area contributed by atoms with E-state index in [0.717, 1.165) is 5.56 Å². The number of carbonyl (C=O) groups excluding carboxylic acids is 2. The minimum absolute atomic E-state index is 0.0935. The van der Waals surface area contributed by atoms with Crippen LogP contribution in [0, 0.1) is 23.7 Å². The van der Waals surface area contributed by atoms with Gasteiger partial charge in [-0.2, -0.15) is 0 Å². The van der Waals surface area contributed by atoms with Gasteiger partial charge < -0.3 is 9.84 Å². The molecule has 0 bridgehead atoms. The van der Waals surface area contributed by atoms with Crippen molar-refractivity contribution in [2.24, 2.45) is 23.7 Å². The number of carbonyl (C=O) groups is 3. The monoisotopic (exact) mass is 344 g/mol. The second-order valence-electron chi connectivity index (χ2n) is 6.42. The Morgan fingerprint density at radius 2 is 2.00 bits per heavy atom. The average Bonchev–Trinajstić information content (AvgIpc) is 2.90. The number of ether oxygens (including phenoxy) is 1. The highest BCUT2D eigenvalue weighted by atomic mass is 16.6. The van der Waals surface area contributed by atoms with Crippen molar-refractivity contribution in [1.29, 1.82) is 0 Å². The molecule has 1 saturated heterocycles. The number of carboxylic acid groups (broad SMARTS) is 1. The lowest BCUT2D eigenvalue weighted by Crippen LogP contribution is -2.45. The molecule has 1 aromatic carbocycles. The Labute approximate surface area is 145 Å². The van der Waals surface area contributed by atoms with E-state index in [9.17, 15) is 19.5 Å². The molecule has 25 heavy (non-hydrogen) atoms. The van der Waals surface area contributed by atoms with Gasteiger partial charge in [-0.05, 0) is 11.5 Å². The summed E-state index contributed by atoms with van der Waals surface area (Å²) in [5.41, 5.74) is 3.26. The molecule has 3 rings (SSSR count). The van der Waals surface area contributed by atoms with Crippen molar-refractivity contribution in [2.75, 3.05) is 6.54 Å². The number of hydrogen-bond donors (Lipinski definition) is 2. The molecule has 132 valence electrons. The Balaban J connectivity index is 1.61. The van der Waals surface area contributed by atoms with Gasteiger partial charge in [0.05, 0.1) is 11.8 Å². The van der Waals surface area contributed by atoms with Crippen LogP contribution in [0.4, 0.5) is 4.79 Å². The van der Waals surface area contributed by atoms with Crippen LogP contribution in [0.2, 0.25) is 0 Å². The maximum absolute atomic E-state index is 12.6. The number of fused-ring (bicyclic) bond motifs is 1. The predicted octanol–water partition coefficient (Wildman–Crippen LogP) is 1.81. The van der Waals surface area contributed by atoms with E-state index in [4.69, 9.17) is 4.74 Å². The molecule has 1 aromatic rings. The van der Waals surface area contributed by atoms with E-state index in [-0.39, 0.29) is 30.9 Å². The van der Waals surface area contributed by atoms with E-state index >= 15 is 0 Å². The summed E-state index contributed by atoms with van der Waals surface area (Å²) in [6.07, 6.45) is 2.95. The highest BCUT2D eigenvalue weighted by Crippen LogP contribution is 2.39. The van der Waals surface area contributed by atoms with Gasteiger partial charge in [-0.3, -0.25) is 14.6 Å². The van der Waals surface area contributed by atoms with Crippen molar-refractivity contribution in [3.05, 3.63) is 48.0 Å². The first kappa shape index (κ1) is 17.0. The molecule has 2 N–H and O–H groups in total. The Kier molecular flexibility index (Phi) is 4.74. The summed E-state index contributed by atoms with van der Waals surface area (Å²) < 4.78 is 5.11. The largest absolute Gasteiger partial charge is 0.481 e. The van der Waals surface area contributed by atoms with Crippen LogP contribution in [0.1, 0.15) is 12.5 Å². The zero-order chi connectivity index (χ0) is 18.0. The van der Waals surface area contributed by atoms with Crippen molar-refractivity contribution >= 4 is 18.0 Å². The molecule has 2 amide bonds. The Bertz CT molecular complexity index is 703. The van der Waals surface area contributed by atoms with Crippen molar-refractivity contribution < 1.29 is 24.2 Å². The van der Waals surface area contributed by atoms with Gasteiger partial charge in [0.2, 0.25) is 5.91 Å². The Morgan fingerprint density at radius 1 is 1.28 bits per heavy atom. The molecule has 1 heterocycles. The van der Waals surface area contributed by atoms with Gasteiger partial charge in [0, 0.05) is 12.5 Å². The molecule has 0 unspecified atom stereocenters. The van der Waals surface area contributed by atoms with Crippen LogP contribution in [0.15, 0.2) is 42.5 Å². The molecule has 0 aromatic heterocycles. The Morgan fingerprint density at radius 3 is 2.68 bits per heavy atom. The van der Waals surface area contributed by atoms with E-state index in [1.54, 1.807) is 6.92 Å². The summed E-state index contributed by atoms with van der Waals surface area (Å²) in [4.78, 5) is 36.0. The number of nitrogens with zero attached hydrogens (tertiary/aromatic N) is 1. The average molecular weight is 344 g/mol. The summed E-state index contributed by atoms with van der Waals surface area (Å²) in [7, 11) is 0. The number of hydrazine groups is 1. The number of carboxylic acids is 1. The number of allylic oxidation sites excluding steroid dienone is 1. The number of benzene rings is 1. The second kappa shape index (κ2) is 6.96. The molecule has 7 nitrogen and oxygen atoms in total. The molecule has 7 heteroatoms. The minimum Gasteiger partial charge on any atom is -0.481 e. The molecule has 0 saturated carbocycles. The van der Waals surface area contributed by atoms with Gasteiger partial charge in [0.25, 0.3) is 0 Å². The van der Waals surface area contributed by atoms with Crippen LogP contribution < -0.4 is 5.43 Å². The lowest BCUT2D eigenvalue weighted by atomic mass is 9.72. The van der Waals surface area contributed by atoms with E-state index in [1.165, 1.54) is 5.01 Å². The van der Waals surface area contributed by atoms with Crippen molar-refractivity contribution in [1.82, 2.24) is 10.4 Å². The van der Waals surface area contributed by atoms with Gasteiger partial charge in [-0.25, -0.2) is 10.2 Å². The maximum Gasteiger partial charge on any atom is 0.426 e. The molecule has 0 spiro atoms. The van der Waals surface area contributed by atoms with Crippen LogP contribution >= 0.6 is 0 Å². The van der Waals surface area contributed by atoms with Crippen molar-refractivity contribution in [2.45, 2.75) is 13.5 Å². The first-order chi connectivity index (χ1) is 12.0. The molecule has 0 radical (unpaired) electrons.